The van der Waals surface area contributed by atoms with Gasteiger partial charge in [-0.05, 0) is 37.3 Å². The van der Waals surface area contributed by atoms with Crippen LogP contribution in [0.5, 0.6) is 5.75 Å². The number of hydrogen-bond donors (Lipinski definition) is 1. The van der Waals surface area contributed by atoms with E-state index < -0.39 is 0 Å². The lowest BCUT2D eigenvalue weighted by molar-refractivity contribution is 0.340. The second kappa shape index (κ2) is 6.26. The number of benzene rings is 2. The Labute approximate surface area is 121 Å². The van der Waals surface area contributed by atoms with E-state index in [1.807, 2.05) is 37.3 Å². The summed E-state index contributed by atoms with van der Waals surface area (Å²) < 4.78 is 6.32. The fourth-order valence-electron chi connectivity index (χ4n) is 1.72. The summed E-state index contributed by atoms with van der Waals surface area (Å²) in [6.45, 7) is 2.59. The molecule has 0 bridgehead atoms. The number of ether oxygens (including phenoxy) is 1. The van der Waals surface area contributed by atoms with E-state index >= 15 is 0 Å². The van der Waals surface area contributed by atoms with Crippen molar-refractivity contribution in [2.24, 2.45) is 0 Å². The number of nitrogens with one attached hydrogen (secondary N) is 1. The summed E-state index contributed by atoms with van der Waals surface area (Å²) in [7, 11) is 0. The molecule has 96 valence electrons. The maximum Gasteiger partial charge on any atom is 0.121 e. The molecule has 2 aromatic carbocycles. The zero-order valence-corrected chi connectivity index (χ0v) is 12.1. The Kier molecular flexibility index (Phi) is 4.43. The molecule has 0 saturated carbocycles. The van der Waals surface area contributed by atoms with Crippen LogP contribution >= 0.6 is 15.9 Å². The molecule has 0 unspecified atom stereocenters. The Morgan fingerprint density at radius 3 is 2.79 bits per heavy atom. The zero-order chi connectivity index (χ0) is 13.7. The van der Waals surface area contributed by atoms with Gasteiger partial charge in [-0.15, -0.1) is 0 Å². The summed E-state index contributed by atoms with van der Waals surface area (Å²) in [5.41, 5.74) is 2.39. The second-order valence-corrected chi connectivity index (χ2v) is 4.84. The Morgan fingerprint density at radius 2 is 2.05 bits per heavy atom. The molecular formula is C15H13BrN2O. The summed E-state index contributed by atoms with van der Waals surface area (Å²) in [4.78, 5) is 0. The molecule has 0 spiro atoms. The van der Waals surface area contributed by atoms with E-state index in [0.29, 0.717) is 12.2 Å². The van der Waals surface area contributed by atoms with Gasteiger partial charge in [-0.2, -0.15) is 5.26 Å². The third kappa shape index (κ3) is 3.73. The van der Waals surface area contributed by atoms with Gasteiger partial charge in [0.25, 0.3) is 0 Å². The Bertz CT molecular complexity index is 620. The van der Waals surface area contributed by atoms with E-state index in [9.17, 15) is 0 Å². The predicted octanol–water partition coefficient (Wildman–Crippen LogP) is 4.46. The highest BCUT2D eigenvalue weighted by Crippen LogP contribution is 2.25. The van der Waals surface area contributed by atoms with Crippen molar-refractivity contribution in [3.05, 3.63) is 52.5 Å². The van der Waals surface area contributed by atoms with Gasteiger partial charge in [0.1, 0.15) is 5.75 Å². The third-order valence-electron chi connectivity index (χ3n) is 2.46. The summed E-state index contributed by atoms with van der Waals surface area (Å²) in [5, 5.41) is 12.2. The van der Waals surface area contributed by atoms with Crippen molar-refractivity contribution >= 4 is 27.3 Å². The smallest absolute Gasteiger partial charge is 0.121 e. The quantitative estimate of drug-likeness (QED) is 0.905. The van der Waals surface area contributed by atoms with Crippen molar-refractivity contribution in [3.8, 4) is 11.8 Å². The third-order valence-corrected chi connectivity index (χ3v) is 2.92. The Balaban J connectivity index is 2.23. The summed E-state index contributed by atoms with van der Waals surface area (Å²) in [5.74, 6) is 0.822. The molecule has 0 radical (unpaired) electrons. The number of hydrogen-bond acceptors (Lipinski definition) is 3. The number of nitrogens with zero attached hydrogens (tertiary/aromatic N) is 1. The van der Waals surface area contributed by atoms with Gasteiger partial charge in [0.15, 0.2) is 0 Å². The Hall–Kier alpha value is -1.99. The van der Waals surface area contributed by atoms with E-state index in [1.165, 1.54) is 0 Å². The standard InChI is InChI=1S/C15H13BrN2O/c1-2-19-15-5-3-4-13(9-15)18-14-7-11(10-17)6-12(16)8-14/h3-9,18H,2H2,1H3. The highest BCUT2D eigenvalue weighted by atomic mass is 79.9. The summed E-state index contributed by atoms with van der Waals surface area (Å²) in [6, 6.07) is 15.4. The van der Waals surface area contributed by atoms with Crippen LogP contribution in [0.25, 0.3) is 0 Å². The lowest BCUT2D eigenvalue weighted by Gasteiger charge is -2.09. The van der Waals surface area contributed by atoms with Crippen molar-refractivity contribution in [3.63, 3.8) is 0 Å². The van der Waals surface area contributed by atoms with Gasteiger partial charge in [0.2, 0.25) is 0 Å². The van der Waals surface area contributed by atoms with Crippen molar-refractivity contribution < 1.29 is 4.74 Å². The van der Waals surface area contributed by atoms with Crippen LogP contribution in [-0.2, 0) is 0 Å². The number of rotatable bonds is 4. The molecule has 4 heteroatoms. The van der Waals surface area contributed by atoms with Gasteiger partial charge in [0, 0.05) is 21.9 Å². The first kappa shape index (κ1) is 13.4. The highest BCUT2D eigenvalue weighted by molar-refractivity contribution is 9.10. The minimum absolute atomic E-state index is 0.609. The van der Waals surface area contributed by atoms with E-state index in [-0.39, 0.29) is 0 Å². The van der Waals surface area contributed by atoms with E-state index in [4.69, 9.17) is 10.00 Å². The van der Waals surface area contributed by atoms with Crippen LogP contribution in [-0.4, -0.2) is 6.61 Å². The lowest BCUT2D eigenvalue weighted by Crippen LogP contribution is -1.94. The first-order valence-electron chi connectivity index (χ1n) is 5.92. The Morgan fingerprint density at radius 1 is 1.21 bits per heavy atom. The fraction of sp³-hybridized carbons (Fsp3) is 0.133. The molecule has 2 rings (SSSR count). The molecule has 0 aliphatic carbocycles. The van der Waals surface area contributed by atoms with Gasteiger partial charge in [-0.3, -0.25) is 0 Å². The van der Waals surface area contributed by atoms with Gasteiger partial charge in [-0.1, -0.05) is 22.0 Å². The largest absolute Gasteiger partial charge is 0.494 e. The van der Waals surface area contributed by atoms with Gasteiger partial charge in [-0.25, -0.2) is 0 Å². The summed E-state index contributed by atoms with van der Waals surface area (Å²) in [6.07, 6.45) is 0. The van der Waals surface area contributed by atoms with Crippen molar-refractivity contribution in [1.29, 1.82) is 5.26 Å². The molecule has 2 aromatic rings. The first-order valence-corrected chi connectivity index (χ1v) is 6.71. The van der Waals surface area contributed by atoms with Gasteiger partial charge < -0.3 is 10.1 Å². The number of nitriles is 1. The first-order chi connectivity index (χ1) is 9.21. The molecule has 0 aliphatic heterocycles. The van der Waals surface area contributed by atoms with E-state index in [0.717, 1.165) is 21.6 Å². The van der Waals surface area contributed by atoms with Crippen LogP contribution in [0.2, 0.25) is 0 Å². The monoisotopic (exact) mass is 316 g/mol. The average molecular weight is 317 g/mol. The molecule has 0 fully saturated rings. The fourth-order valence-corrected chi connectivity index (χ4v) is 2.22. The average Bonchev–Trinajstić information content (AvgIpc) is 2.39. The molecule has 0 aliphatic rings. The van der Waals surface area contributed by atoms with Crippen molar-refractivity contribution in [2.75, 3.05) is 11.9 Å². The van der Waals surface area contributed by atoms with Crippen LogP contribution in [0.15, 0.2) is 46.9 Å². The molecule has 19 heavy (non-hydrogen) atoms. The molecule has 0 aromatic heterocycles. The lowest BCUT2D eigenvalue weighted by atomic mass is 10.2. The number of halogens is 1. The zero-order valence-electron chi connectivity index (χ0n) is 10.5. The second-order valence-electron chi connectivity index (χ2n) is 3.93. The van der Waals surface area contributed by atoms with Crippen molar-refractivity contribution in [1.82, 2.24) is 0 Å². The van der Waals surface area contributed by atoms with Crippen LogP contribution in [0.4, 0.5) is 11.4 Å². The normalized spacial score (nSPS) is 9.74. The highest BCUT2D eigenvalue weighted by Gasteiger charge is 2.01. The molecule has 1 N–H and O–H groups in total. The van der Waals surface area contributed by atoms with Gasteiger partial charge >= 0.3 is 0 Å². The van der Waals surface area contributed by atoms with E-state index in [2.05, 4.69) is 27.3 Å². The van der Waals surface area contributed by atoms with Crippen LogP contribution in [0.3, 0.4) is 0 Å². The SMILES string of the molecule is CCOc1cccc(Nc2cc(Br)cc(C#N)c2)c1. The molecule has 0 heterocycles. The van der Waals surface area contributed by atoms with E-state index in [1.54, 1.807) is 12.1 Å². The molecule has 0 atom stereocenters. The minimum atomic E-state index is 0.609. The van der Waals surface area contributed by atoms with Crippen LogP contribution in [0, 0.1) is 11.3 Å². The maximum absolute atomic E-state index is 8.95. The van der Waals surface area contributed by atoms with Crippen LogP contribution < -0.4 is 10.1 Å². The minimum Gasteiger partial charge on any atom is -0.494 e. The topological polar surface area (TPSA) is 45.0 Å². The number of anilines is 2. The molecule has 0 amide bonds. The predicted molar refractivity (Wildman–Crippen MR) is 79.8 cm³/mol. The summed E-state index contributed by atoms with van der Waals surface area (Å²) >= 11 is 3.39. The maximum atomic E-state index is 8.95. The molecule has 3 nitrogen and oxygen atoms in total. The van der Waals surface area contributed by atoms with Gasteiger partial charge in [0.05, 0.1) is 18.2 Å². The molecule has 0 saturated heterocycles. The van der Waals surface area contributed by atoms with Crippen molar-refractivity contribution in [2.45, 2.75) is 6.92 Å². The van der Waals surface area contributed by atoms with Crippen LogP contribution in [0.1, 0.15) is 12.5 Å². The molecular weight excluding hydrogens is 304 g/mol.